The molecule has 2 fully saturated rings. The van der Waals surface area contributed by atoms with Crippen molar-refractivity contribution >= 4 is 0 Å². The van der Waals surface area contributed by atoms with Crippen molar-refractivity contribution in [3.05, 3.63) is 0 Å². The van der Waals surface area contributed by atoms with Crippen LogP contribution in [-0.4, -0.2) is 36.0 Å². The quantitative estimate of drug-likeness (QED) is 0.638. The maximum absolute atomic E-state index is 9.73. The molecule has 0 bridgehead atoms. The van der Waals surface area contributed by atoms with E-state index in [1.807, 2.05) is 0 Å². The lowest BCUT2D eigenvalue weighted by atomic mass is 9.88. The second-order valence-electron chi connectivity index (χ2n) is 7.08. The SMILES string of the molecule is CCC(CO)(CCCOC1CCCC(C)C1)NC1CC1. The molecule has 2 aliphatic rings. The highest BCUT2D eigenvalue weighted by molar-refractivity contribution is 4.94. The molecule has 0 heterocycles. The van der Waals surface area contributed by atoms with Crippen molar-refractivity contribution in [2.24, 2.45) is 5.92 Å². The van der Waals surface area contributed by atoms with Crippen molar-refractivity contribution in [1.29, 1.82) is 0 Å². The van der Waals surface area contributed by atoms with E-state index in [1.54, 1.807) is 0 Å². The van der Waals surface area contributed by atoms with Gasteiger partial charge in [-0.3, -0.25) is 0 Å². The summed E-state index contributed by atoms with van der Waals surface area (Å²) in [6.07, 6.45) is 11.3. The molecule has 2 saturated carbocycles. The molecule has 20 heavy (non-hydrogen) atoms. The molecule has 2 N–H and O–H groups in total. The van der Waals surface area contributed by atoms with Crippen LogP contribution >= 0.6 is 0 Å². The number of nitrogens with one attached hydrogen (secondary N) is 1. The third-order valence-electron chi connectivity index (χ3n) is 5.11. The van der Waals surface area contributed by atoms with E-state index in [4.69, 9.17) is 4.74 Å². The van der Waals surface area contributed by atoms with Crippen LogP contribution in [0.25, 0.3) is 0 Å². The van der Waals surface area contributed by atoms with Crippen LogP contribution in [0.3, 0.4) is 0 Å². The van der Waals surface area contributed by atoms with Crippen LogP contribution in [0.2, 0.25) is 0 Å². The van der Waals surface area contributed by atoms with E-state index in [2.05, 4.69) is 19.2 Å². The monoisotopic (exact) mass is 283 g/mol. The van der Waals surface area contributed by atoms with Gasteiger partial charge in [-0.2, -0.15) is 0 Å². The topological polar surface area (TPSA) is 41.5 Å². The average molecular weight is 283 g/mol. The molecule has 3 heteroatoms. The predicted octanol–water partition coefficient (Wildman–Crippen LogP) is 3.26. The van der Waals surface area contributed by atoms with Crippen molar-refractivity contribution in [1.82, 2.24) is 5.32 Å². The molecule has 0 aromatic heterocycles. The number of hydrogen-bond acceptors (Lipinski definition) is 3. The van der Waals surface area contributed by atoms with Gasteiger partial charge in [0.05, 0.1) is 12.7 Å². The summed E-state index contributed by atoms with van der Waals surface area (Å²) < 4.78 is 6.05. The fourth-order valence-corrected chi connectivity index (χ4v) is 3.44. The van der Waals surface area contributed by atoms with Gasteiger partial charge in [-0.15, -0.1) is 0 Å². The van der Waals surface area contributed by atoms with Gasteiger partial charge in [0, 0.05) is 18.2 Å². The maximum atomic E-state index is 9.73. The van der Waals surface area contributed by atoms with Gasteiger partial charge >= 0.3 is 0 Å². The van der Waals surface area contributed by atoms with E-state index in [0.29, 0.717) is 12.1 Å². The Morgan fingerprint density at radius 1 is 1.25 bits per heavy atom. The maximum Gasteiger partial charge on any atom is 0.0613 e. The molecule has 3 nitrogen and oxygen atoms in total. The predicted molar refractivity (Wildman–Crippen MR) is 82.9 cm³/mol. The number of aliphatic hydroxyl groups excluding tert-OH is 1. The van der Waals surface area contributed by atoms with E-state index in [9.17, 15) is 5.11 Å². The second kappa shape index (κ2) is 7.77. The molecule has 0 amide bonds. The number of ether oxygens (including phenoxy) is 1. The Bertz CT molecular complexity index is 274. The van der Waals surface area contributed by atoms with Crippen LogP contribution in [0.5, 0.6) is 0 Å². The minimum atomic E-state index is -0.0651. The number of hydrogen-bond donors (Lipinski definition) is 2. The minimum Gasteiger partial charge on any atom is -0.394 e. The Balaban J connectivity index is 1.64. The minimum absolute atomic E-state index is 0.0651. The van der Waals surface area contributed by atoms with E-state index in [0.717, 1.165) is 31.8 Å². The molecule has 3 unspecified atom stereocenters. The highest BCUT2D eigenvalue weighted by Crippen LogP contribution is 2.28. The molecule has 0 spiro atoms. The lowest BCUT2D eigenvalue weighted by Crippen LogP contribution is -2.49. The van der Waals surface area contributed by atoms with Crippen molar-refractivity contribution in [3.63, 3.8) is 0 Å². The van der Waals surface area contributed by atoms with E-state index >= 15 is 0 Å². The summed E-state index contributed by atoms with van der Waals surface area (Å²) in [6.45, 7) is 5.62. The Morgan fingerprint density at radius 2 is 2.05 bits per heavy atom. The van der Waals surface area contributed by atoms with Crippen molar-refractivity contribution in [3.8, 4) is 0 Å². The molecular weight excluding hydrogens is 250 g/mol. The first-order valence-electron chi connectivity index (χ1n) is 8.67. The van der Waals surface area contributed by atoms with Crippen molar-refractivity contribution in [2.45, 2.75) is 89.3 Å². The second-order valence-corrected chi connectivity index (χ2v) is 7.08. The zero-order valence-electron chi connectivity index (χ0n) is 13.4. The molecule has 0 aliphatic heterocycles. The third-order valence-corrected chi connectivity index (χ3v) is 5.11. The first-order valence-corrected chi connectivity index (χ1v) is 8.67. The van der Waals surface area contributed by atoms with Crippen molar-refractivity contribution < 1.29 is 9.84 Å². The van der Waals surface area contributed by atoms with Crippen LogP contribution < -0.4 is 5.32 Å². The van der Waals surface area contributed by atoms with Crippen LogP contribution in [0.1, 0.15) is 71.6 Å². The zero-order chi connectivity index (χ0) is 14.4. The smallest absolute Gasteiger partial charge is 0.0613 e. The summed E-state index contributed by atoms with van der Waals surface area (Å²) in [4.78, 5) is 0. The van der Waals surface area contributed by atoms with Crippen molar-refractivity contribution in [2.75, 3.05) is 13.2 Å². The summed E-state index contributed by atoms with van der Waals surface area (Å²) in [5.41, 5.74) is -0.0651. The standard InChI is InChI=1S/C17H33NO2/c1-3-17(13-19,18-15-8-9-15)10-5-11-20-16-7-4-6-14(2)12-16/h14-16,18-19H,3-13H2,1-2H3. The van der Waals surface area contributed by atoms with E-state index < -0.39 is 0 Å². The Morgan fingerprint density at radius 3 is 2.65 bits per heavy atom. The third kappa shape index (κ3) is 5.01. The summed E-state index contributed by atoms with van der Waals surface area (Å²) >= 11 is 0. The molecule has 0 radical (unpaired) electrons. The van der Waals surface area contributed by atoms with Gasteiger partial charge in [-0.1, -0.05) is 26.7 Å². The fourth-order valence-electron chi connectivity index (χ4n) is 3.44. The van der Waals surface area contributed by atoms with Gasteiger partial charge in [0.15, 0.2) is 0 Å². The van der Waals surface area contributed by atoms with E-state index in [1.165, 1.54) is 38.5 Å². The van der Waals surface area contributed by atoms with Crippen LogP contribution in [0, 0.1) is 5.92 Å². The number of rotatable bonds is 9. The first kappa shape index (κ1) is 16.3. The van der Waals surface area contributed by atoms with Gasteiger partial charge in [-0.05, 0) is 50.9 Å². The molecule has 0 aromatic carbocycles. The first-order chi connectivity index (χ1) is 9.67. The molecular formula is C17H33NO2. The van der Waals surface area contributed by atoms with Gasteiger partial charge in [0.25, 0.3) is 0 Å². The van der Waals surface area contributed by atoms with Gasteiger partial charge in [0.1, 0.15) is 0 Å². The van der Waals surface area contributed by atoms with E-state index in [-0.39, 0.29) is 12.1 Å². The lowest BCUT2D eigenvalue weighted by molar-refractivity contribution is 0.00917. The molecule has 0 saturated heterocycles. The highest BCUT2D eigenvalue weighted by atomic mass is 16.5. The van der Waals surface area contributed by atoms with Crippen LogP contribution in [0.4, 0.5) is 0 Å². The van der Waals surface area contributed by atoms with Gasteiger partial charge in [0.2, 0.25) is 0 Å². The van der Waals surface area contributed by atoms with Gasteiger partial charge < -0.3 is 15.2 Å². The lowest BCUT2D eigenvalue weighted by Gasteiger charge is -2.33. The molecule has 2 aliphatic carbocycles. The fraction of sp³-hybridized carbons (Fsp3) is 1.00. The molecule has 2 rings (SSSR count). The number of aliphatic hydroxyl groups is 1. The highest BCUT2D eigenvalue weighted by Gasteiger charge is 2.34. The largest absolute Gasteiger partial charge is 0.394 e. The summed E-state index contributed by atoms with van der Waals surface area (Å²) in [5, 5.41) is 13.4. The average Bonchev–Trinajstić information content (AvgIpc) is 3.26. The Kier molecular flexibility index (Phi) is 6.31. The molecule has 118 valence electrons. The Labute approximate surface area is 124 Å². The van der Waals surface area contributed by atoms with Crippen LogP contribution in [-0.2, 0) is 4.74 Å². The van der Waals surface area contributed by atoms with Crippen LogP contribution in [0.15, 0.2) is 0 Å². The normalized spacial score (nSPS) is 30.1. The molecule has 0 aromatic rings. The summed E-state index contributed by atoms with van der Waals surface area (Å²) in [6, 6.07) is 0.655. The molecule has 3 atom stereocenters. The zero-order valence-corrected chi connectivity index (χ0v) is 13.4. The summed E-state index contributed by atoms with van der Waals surface area (Å²) in [7, 11) is 0. The Hall–Kier alpha value is -0.120. The summed E-state index contributed by atoms with van der Waals surface area (Å²) in [5.74, 6) is 0.831. The van der Waals surface area contributed by atoms with Gasteiger partial charge in [-0.25, -0.2) is 0 Å².